The Morgan fingerprint density at radius 1 is 0.893 bits per heavy atom. The normalized spacial score (nSPS) is 11.9. The van der Waals surface area contributed by atoms with E-state index in [2.05, 4.69) is 31.4 Å². The van der Waals surface area contributed by atoms with Gasteiger partial charge in [-0.05, 0) is 42.5 Å². The molecule has 0 saturated carbocycles. The van der Waals surface area contributed by atoms with Crippen molar-refractivity contribution in [2.45, 2.75) is 40.0 Å². The first-order valence-electron chi connectivity index (χ1n) is 9.98. The van der Waals surface area contributed by atoms with Gasteiger partial charge in [-0.25, -0.2) is 0 Å². The minimum absolute atomic E-state index is 0.0692. The van der Waals surface area contributed by atoms with Crippen LogP contribution in [0.25, 0.3) is 0 Å². The van der Waals surface area contributed by atoms with Crippen LogP contribution < -0.4 is 15.5 Å². The Morgan fingerprint density at radius 2 is 1.43 bits per heavy atom. The quantitative estimate of drug-likeness (QED) is 0.624. The Hall–Kier alpha value is -2.66. The van der Waals surface area contributed by atoms with Crippen molar-refractivity contribution in [3.05, 3.63) is 59.7 Å². The Kier molecular flexibility index (Phi) is 8.20. The fraction of sp³-hybridized carbons (Fsp3) is 0.391. The first-order chi connectivity index (χ1) is 13.4. The predicted molar refractivity (Wildman–Crippen MR) is 115 cm³/mol. The predicted octanol–water partition coefficient (Wildman–Crippen LogP) is 2.99. The molecule has 2 aromatic carbocycles. The summed E-state index contributed by atoms with van der Waals surface area (Å²) < 4.78 is 0. The van der Waals surface area contributed by atoms with Crippen LogP contribution in [-0.4, -0.2) is 31.4 Å². The van der Waals surface area contributed by atoms with Crippen molar-refractivity contribution < 1.29 is 14.5 Å². The van der Waals surface area contributed by atoms with E-state index in [-0.39, 0.29) is 24.9 Å². The van der Waals surface area contributed by atoms with E-state index in [0.717, 1.165) is 40.4 Å². The van der Waals surface area contributed by atoms with Gasteiger partial charge in [-0.1, -0.05) is 57.2 Å². The van der Waals surface area contributed by atoms with Crippen molar-refractivity contribution in [1.29, 1.82) is 0 Å². The van der Waals surface area contributed by atoms with Gasteiger partial charge in [0.15, 0.2) is 13.1 Å². The summed E-state index contributed by atoms with van der Waals surface area (Å²) in [6.07, 6.45) is 0.906. The molecule has 3 N–H and O–H groups in total. The Balaban J connectivity index is 1.97. The van der Waals surface area contributed by atoms with Crippen LogP contribution in [0.3, 0.4) is 0 Å². The molecule has 5 nitrogen and oxygen atoms in total. The highest BCUT2D eigenvalue weighted by Gasteiger charge is 2.19. The molecule has 1 atom stereocenters. The molecule has 0 aliphatic carbocycles. The fourth-order valence-corrected chi connectivity index (χ4v) is 3.26. The molecule has 2 aromatic rings. The number of hydrogen-bond acceptors (Lipinski definition) is 2. The first-order valence-corrected chi connectivity index (χ1v) is 9.98. The molecule has 2 amide bonds. The number of quaternary nitrogens is 1. The van der Waals surface area contributed by atoms with Gasteiger partial charge in [-0.15, -0.1) is 0 Å². The summed E-state index contributed by atoms with van der Waals surface area (Å²) in [5.74, 6) is 0.184. The average Bonchev–Trinajstić information content (AvgIpc) is 2.64. The van der Waals surface area contributed by atoms with Gasteiger partial charge >= 0.3 is 0 Å². The summed E-state index contributed by atoms with van der Waals surface area (Å²) in [6.45, 7) is 9.53. The maximum absolute atomic E-state index is 12.6. The van der Waals surface area contributed by atoms with Crippen molar-refractivity contribution >= 4 is 23.2 Å². The fourth-order valence-electron chi connectivity index (χ4n) is 3.26. The van der Waals surface area contributed by atoms with Crippen LogP contribution in [0, 0.1) is 6.92 Å². The lowest BCUT2D eigenvalue weighted by molar-refractivity contribution is -0.883. The largest absolute Gasteiger partial charge is 0.321 e. The van der Waals surface area contributed by atoms with Crippen LogP contribution in [0.5, 0.6) is 0 Å². The summed E-state index contributed by atoms with van der Waals surface area (Å²) in [6, 6.07) is 15.6. The molecule has 5 heteroatoms. The molecule has 0 bridgehead atoms. The smallest absolute Gasteiger partial charge is 0.279 e. The topological polar surface area (TPSA) is 62.6 Å². The summed E-state index contributed by atoms with van der Waals surface area (Å²) in [5.41, 5.74) is 3.81. The second kappa shape index (κ2) is 10.6. The molecule has 2 rings (SSSR count). The molecule has 0 spiro atoms. The van der Waals surface area contributed by atoms with E-state index in [4.69, 9.17) is 0 Å². The number of hydrogen-bond donors (Lipinski definition) is 3. The van der Waals surface area contributed by atoms with Crippen molar-refractivity contribution in [1.82, 2.24) is 0 Å². The van der Waals surface area contributed by atoms with Gasteiger partial charge in [0, 0.05) is 11.4 Å². The lowest BCUT2D eigenvalue weighted by atomic mass is 10.0. The number of anilines is 2. The van der Waals surface area contributed by atoms with Gasteiger partial charge in [0.25, 0.3) is 11.8 Å². The van der Waals surface area contributed by atoms with E-state index in [9.17, 15) is 9.59 Å². The van der Waals surface area contributed by atoms with Crippen molar-refractivity contribution in [2.24, 2.45) is 0 Å². The Bertz CT molecular complexity index is 802. The van der Waals surface area contributed by atoms with Gasteiger partial charge in [-0.2, -0.15) is 0 Å². The van der Waals surface area contributed by atoms with Gasteiger partial charge in [-0.3, -0.25) is 9.59 Å². The lowest BCUT2D eigenvalue weighted by Crippen LogP contribution is -3.14. The zero-order valence-corrected chi connectivity index (χ0v) is 17.3. The van der Waals surface area contributed by atoms with E-state index >= 15 is 0 Å². The van der Waals surface area contributed by atoms with Crippen molar-refractivity contribution in [3.8, 4) is 0 Å². The molecule has 28 heavy (non-hydrogen) atoms. The molecule has 0 heterocycles. The zero-order chi connectivity index (χ0) is 20.5. The molecule has 0 aliphatic heterocycles. The minimum Gasteiger partial charge on any atom is -0.321 e. The van der Waals surface area contributed by atoms with Gasteiger partial charge in [0.2, 0.25) is 0 Å². The van der Waals surface area contributed by atoms with Crippen LogP contribution in [-0.2, 0) is 9.59 Å². The van der Waals surface area contributed by atoms with E-state index in [0.29, 0.717) is 5.92 Å². The van der Waals surface area contributed by atoms with E-state index < -0.39 is 0 Å². The number of benzene rings is 2. The van der Waals surface area contributed by atoms with Crippen molar-refractivity contribution in [2.75, 3.05) is 30.3 Å². The lowest BCUT2D eigenvalue weighted by Gasteiger charge is -2.19. The summed E-state index contributed by atoms with van der Waals surface area (Å²) in [5, 5.41) is 5.98. The van der Waals surface area contributed by atoms with Crippen molar-refractivity contribution in [3.63, 3.8) is 0 Å². The molecule has 0 radical (unpaired) electrons. The van der Waals surface area contributed by atoms with Crippen LogP contribution in [0.1, 0.15) is 44.2 Å². The molecular formula is C23H32N3O2+. The second-order valence-electron chi connectivity index (χ2n) is 7.51. The highest BCUT2D eigenvalue weighted by atomic mass is 16.2. The number of carbonyl (C=O) groups excluding carboxylic acids is 2. The number of amides is 2. The molecule has 1 unspecified atom stereocenters. The molecule has 0 fully saturated rings. The number of rotatable bonds is 9. The van der Waals surface area contributed by atoms with Gasteiger partial charge < -0.3 is 15.5 Å². The van der Waals surface area contributed by atoms with Crippen LogP contribution in [0.15, 0.2) is 48.5 Å². The monoisotopic (exact) mass is 382 g/mol. The third kappa shape index (κ3) is 6.50. The Labute approximate surface area is 168 Å². The number of para-hydroxylation sites is 2. The highest BCUT2D eigenvalue weighted by molar-refractivity contribution is 5.94. The summed E-state index contributed by atoms with van der Waals surface area (Å²) in [7, 11) is 0. The Morgan fingerprint density at radius 3 is 2.00 bits per heavy atom. The van der Waals surface area contributed by atoms with E-state index in [1.165, 1.54) is 0 Å². The average molecular weight is 383 g/mol. The number of carbonyl (C=O) groups is 2. The number of nitrogens with one attached hydrogen (secondary N) is 3. The molecule has 0 saturated heterocycles. The first kappa shape index (κ1) is 21.6. The zero-order valence-electron chi connectivity index (χ0n) is 17.3. The van der Waals surface area contributed by atoms with Crippen LogP contribution in [0.4, 0.5) is 11.4 Å². The maximum atomic E-state index is 12.6. The molecule has 150 valence electrons. The maximum Gasteiger partial charge on any atom is 0.279 e. The molecular weight excluding hydrogens is 350 g/mol. The third-order valence-corrected chi connectivity index (χ3v) is 4.70. The minimum atomic E-state index is -0.0758. The standard InChI is InChI=1S/C23H31N3O2/c1-5-14-26(15-22(27)24-20-12-8-6-10-18(20)4)16-23(28)25-21-13-9-7-11-19(21)17(2)3/h6-13,17H,5,14-16H2,1-4H3,(H,24,27)(H,25,28)/p+1. The SMILES string of the molecule is CCC[NH+](CC(=O)Nc1ccccc1C)CC(=O)Nc1ccccc1C(C)C. The van der Waals surface area contributed by atoms with E-state index in [1.807, 2.05) is 55.5 Å². The van der Waals surface area contributed by atoms with Gasteiger partial charge in [0.05, 0.1) is 6.54 Å². The third-order valence-electron chi connectivity index (χ3n) is 4.70. The summed E-state index contributed by atoms with van der Waals surface area (Å²) >= 11 is 0. The van der Waals surface area contributed by atoms with Crippen LogP contribution in [0.2, 0.25) is 0 Å². The second-order valence-corrected chi connectivity index (χ2v) is 7.51. The summed E-state index contributed by atoms with van der Waals surface area (Å²) in [4.78, 5) is 26.0. The van der Waals surface area contributed by atoms with E-state index in [1.54, 1.807) is 0 Å². The number of aryl methyl sites for hydroxylation is 1. The molecule has 0 aromatic heterocycles. The molecule has 0 aliphatic rings. The van der Waals surface area contributed by atoms with Gasteiger partial charge in [0.1, 0.15) is 0 Å². The van der Waals surface area contributed by atoms with Crippen LogP contribution >= 0.6 is 0 Å². The highest BCUT2D eigenvalue weighted by Crippen LogP contribution is 2.23.